The van der Waals surface area contributed by atoms with E-state index in [0.717, 1.165) is 109 Å². The summed E-state index contributed by atoms with van der Waals surface area (Å²) >= 11 is 0. The van der Waals surface area contributed by atoms with Crippen LogP contribution in [0.4, 0.5) is 0 Å². The molecule has 0 saturated carbocycles. The monoisotopic (exact) mass is 895 g/mol. The lowest BCUT2D eigenvalue weighted by Crippen LogP contribution is -2.37. The maximum Gasteiger partial charge on any atom is 0.472 e. The number of quaternary nitrogens is 1. The topological polar surface area (TPSA) is 91.3 Å². The largest absolute Gasteiger partial charge is 0.472 e. The van der Waals surface area contributed by atoms with Crippen LogP contribution in [0.1, 0.15) is 142 Å². The Morgan fingerprint density at radius 2 is 0.873 bits per heavy atom. The Morgan fingerprint density at radius 1 is 0.492 bits per heavy atom. The van der Waals surface area contributed by atoms with Gasteiger partial charge in [0.1, 0.15) is 19.3 Å². The van der Waals surface area contributed by atoms with Crippen molar-refractivity contribution in [2.45, 2.75) is 148 Å². The number of allylic oxidation sites excluding steroid dienone is 22. The van der Waals surface area contributed by atoms with Gasteiger partial charge >= 0.3 is 13.8 Å². The molecule has 2 atom stereocenters. The van der Waals surface area contributed by atoms with Gasteiger partial charge in [0.2, 0.25) is 0 Å². The van der Waals surface area contributed by atoms with Crippen molar-refractivity contribution in [3.63, 3.8) is 0 Å². The zero-order chi connectivity index (χ0) is 46.2. The Morgan fingerprint density at radius 3 is 1.30 bits per heavy atom. The summed E-state index contributed by atoms with van der Waals surface area (Å²) in [5.74, 6) is -0.384. The molecule has 0 heterocycles. The average Bonchev–Trinajstić information content (AvgIpc) is 3.24. The van der Waals surface area contributed by atoms with Crippen LogP contribution in [0.2, 0.25) is 0 Å². The summed E-state index contributed by atoms with van der Waals surface area (Å²) in [7, 11) is 1.59. The second-order valence-electron chi connectivity index (χ2n) is 16.4. The summed E-state index contributed by atoms with van der Waals surface area (Å²) in [5.41, 5.74) is 0. The smallest absolute Gasteiger partial charge is 0.457 e. The quantitative estimate of drug-likeness (QED) is 0.0215. The molecule has 0 spiro atoms. The molecule has 0 radical (unpaired) electrons. The van der Waals surface area contributed by atoms with E-state index in [-0.39, 0.29) is 32.2 Å². The zero-order valence-corrected chi connectivity index (χ0v) is 41.1. The first-order valence-corrected chi connectivity index (χ1v) is 25.4. The maximum absolute atomic E-state index is 12.7. The number of hydrogen-bond donors (Lipinski definition) is 1. The molecule has 0 aliphatic carbocycles. The van der Waals surface area contributed by atoms with Gasteiger partial charge in [-0.25, -0.2) is 4.57 Å². The maximum atomic E-state index is 12.7. The summed E-state index contributed by atoms with van der Waals surface area (Å²) in [5, 5.41) is 0. The van der Waals surface area contributed by atoms with Crippen molar-refractivity contribution in [3.05, 3.63) is 134 Å². The van der Waals surface area contributed by atoms with E-state index < -0.39 is 13.9 Å². The first-order valence-electron chi connectivity index (χ1n) is 23.9. The minimum absolute atomic E-state index is 0.0649. The molecule has 63 heavy (non-hydrogen) atoms. The Balaban J connectivity index is 4.35. The molecule has 0 aromatic heterocycles. The number of likely N-dealkylation sites (N-methyl/N-ethyl adjacent to an activating group) is 1. The lowest BCUT2D eigenvalue weighted by Gasteiger charge is -2.24. The van der Waals surface area contributed by atoms with Crippen molar-refractivity contribution in [2.24, 2.45) is 0 Å². The number of rotatable bonds is 42. The van der Waals surface area contributed by atoms with Crippen LogP contribution >= 0.6 is 7.82 Å². The third-order valence-electron chi connectivity index (χ3n) is 9.21. The number of carbonyl (C=O) groups is 1. The molecule has 8 nitrogen and oxygen atoms in total. The van der Waals surface area contributed by atoms with Gasteiger partial charge < -0.3 is 18.9 Å². The van der Waals surface area contributed by atoms with Crippen molar-refractivity contribution < 1.29 is 37.3 Å². The van der Waals surface area contributed by atoms with Crippen molar-refractivity contribution in [3.8, 4) is 0 Å². The van der Waals surface area contributed by atoms with E-state index in [0.29, 0.717) is 24.1 Å². The van der Waals surface area contributed by atoms with Gasteiger partial charge in [-0.1, -0.05) is 167 Å². The number of nitrogens with zero attached hydrogens (tertiary/aromatic N) is 1. The highest BCUT2D eigenvalue weighted by Crippen LogP contribution is 2.43. The van der Waals surface area contributed by atoms with Gasteiger partial charge in [-0.2, -0.15) is 0 Å². The molecule has 0 aromatic carbocycles. The number of esters is 1. The standard InChI is InChI=1S/C54H88NO7P/c1-6-8-10-12-14-16-18-20-22-24-25-26-27-28-29-30-32-34-36-38-40-42-44-46-49-59-51-53(52-61-63(57,58)60-50-48-55(3,4)5)62-54(56)47-45-43-41-39-37-35-33-31-23-21-19-17-15-13-11-9-7-2/h8-11,14-17,20-23,25-26,28-29,32-35,39,41,53H,6-7,12-13,18-19,24,27,30-31,36-38,40,42-52H2,1-5H3/p+1/b10-8-,11-9-,16-14-,17-15-,22-20-,23-21-,26-25-,29-28-,34-32-,35-33-,41-39-. The average molecular weight is 895 g/mol. The highest BCUT2D eigenvalue weighted by Gasteiger charge is 2.26. The molecule has 0 aliphatic rings. The van der Waals surface area contributed by atoms with Crippen LogP contribution in [0.3, 0.4) is 0 Å². The second kappa shape index (κ2) is 45.2. The Bertz CT molecular complexity index is 1460. The summed E-state index contributed by atoms with van der Waals surface area (Å²) < 4.78 is 35.0. The molecule has 0 amide bonds. The van der Waals surface area contributed by atoms with E-state index in [9.17, 15) is 14.3 Å². The molecular weight excluding hydrogens is 806 g/mol. The molecule has 1 N–H and O–H groups in total. The number of phosphoric acid groups is 1. The highest BCUT2D eigenvalue weighted by molar-refractivity contribution is 7.47. The van der Waals surface area contributed by atoms with Gasteiger partial charge in [-0.15, -0.1) is 0 Å². The van der Waals surface area contributed by atoms with E-state index in [1.165, 1.54) is 6.42 Å². The predicted molar refractivity (Wildman–Crippen MR) is 270 cm³/mol. The number of carbonyl (C=O) groups excluding carboxylic acids is 1. The van der Waals surface area contributed by atoms with Gasteiger partial charge in [-0.05, 0) is 103 Å². The van der Waals surface area contributed by atoms with Crippen LogP contribution in [-0.4, -0.2) is 75.6 Å². The fraction of sp³-hybridized carbons (Fsp3) is 0.574. The Hall–Kier alpha value is -3.36. The fourth-order valence-corrected chi connectivity index (χ4v) is 6.33. The van der Waals surface area contributed by atoms with Crippen LogP contribution in [0.25, 0.3) is 0 Å². The summed E-state index contributed by atoms with van der Waals surface area (Å²) in [4.78, 5) is 22.9. The van der Waals surface area contributed by atoms with Crippen molar-refractivity contribution >= 4 is 13.8 Å². The van der Waals surface area contributed by atoms with E-state index in [1.807, 2.05) is 21.1 Å². The van der Waals surface area contributed by atoms with Crippen LogP contribution in [-0.2, 0) is 27.9 Å². The fourth-order valence-electron chi connectivity index (χ4n) is 5.59. The molecule has 0 aliphatic heterocycles. The minimum Gasteiger partial charge on any atom is -0.457 e. The van der Waals surface area contributed by atoms with Gasteiger partial charge in [0.25, 0.3) is 0 Å². The van der Waals surface area contributed by atoms with Crippen molar-refractivity contribution in [1.29, 1.82) is 0 Å². The third kappa shape index (κ3) is 49.5. The molecular formula is C54H89NO7P+. The SMILES string of the molecule is CC/C=C\C/C=C\C/C=C\C/C=C\C/C=C\C/C=C\CCCCCCCOCC(COP(=O)(O)OCC[N+](C)(C)C)OC(=O)CCC/C=C\C/C=C\C/C=C\C/C=C\C/C=C\CC. The molecule has 9 heteroatoms. The number of phosphoric ester groups is 1. The second-order valence-corrected chi connectivity index (χ2v) is 17.8. The van der Waals surface area contributed by atoms with E-state index in [1.54, 1.807) is 0 Å². The first kappa shape index (κ1) is 59.6. The van der Waals surface area contributed by atoms with E-state index in [2.05, 4.69) is 148 Å². The molecule has 0 rings (SSSR count). The van der Waals surface area contributed by atoms with Crippen molar-refractivity contribution in [2.75, 3.05) is 54.1 Å². The minimum atomic E-state index is -4.31. The van der Waals surface area contributed by atoms with E-state index in [4.69, 9.17) is 18.5 Å². The van der Waals surface area contributed by atoms with Crippen LogP contribution < -0.4 is 0 Å². The number of ether oxygens (including phenoxy) is 2. The van der Waals surface area contributed by atoms with Crippen LogP contribution in [0.15, 0.2) is 134 Å². The Kier molecular flexibility index (Phi) is 42.8. The normalized spacial score (nSPS) is 14.8. The van der Waals surface area contributed by atoms with Gasteiger partial charge in [0.05, 0.1) is 34.4 Å². The number of unbranched alkanes of at least 4 members (excludes halogenated alkanes) is 6. The third-order valence-corrected chi connectivity index (χ3v) is 10.2. The first-order chi connectivity index (χ1) is 30.6. The van der Waals surface area contributed by atoms with Gasteiger partial charge in [0.15, 0.2) is 0 Å². The zero-order valence-electron chi connectivity index (χ0n) is 40.2. The van der Waals surface area contributed by atoms with Gasteiger partial charge in [0, 0.05) is 13.0 Å². The molecule has 0 saturated heterocycles. The summed E-state index contributed by atoms with van der Waals surface area (Å²) in [6.45, 7) is 5.22. The van der Waals surface area contributed by atoms with Crippen LogP contribution in [0.5, 0.6) is 0 Å². The molecule has 0 bridgehead atoms. The lowest BCUT2D eigenvalue weighted by atomic mass is 10.1. The molecule has 0 fully saturated rings. The molecule has 2 unspecified atom stereocenters. The predicted octanol–water partition coefficient (Wildman–Crippen LogP) is 14.7. The lowest BCUT2D eigenvalue weighted by molar-refractivity contribution is -0.870. The summed E-state index contributed by atoms with van der Waals surface area (Å²) in [6.07, 6.45) is 66.5. The Labute approximate surface area is 385 Å². The highest BCUT2D eigenvalue weighted by atomic mass is 31.2. The van der Waals surface area contributed by atoms with E-state index >= 15 is 0 Å². The number of hydrogen-bond acceptors (Lipinski definition) is 6. The summed E-state index contributed by atoms with van der Waals surface area (Å²) in [6, 6.07) is 0. The van der Waals surface area contributed by atoms with Gasteiger partial charge in [-0.3, -0.25) is 13.8 Å². The van der Waals surface area contributed by atoms with Crippen LogP contribution in [0, 0.1) is 0 Å². The molecule has 0 aromatic rings. The van der Waals surface area contributed by atoms with Crippen molar-refractivity contribution in [1.82, 2.24) is 0 Å². The molecule has 356 valence electrons.